The molecule has 9 heteroatoms. The molecule has 0 radical (unpaired) electrons. The highest BCUT2D eigenvalue weighted by Gasteiger charge is 2.39. The Bertz CT molecular complexity index is 4110. The van der Waals surface area contributed by atoms with Crippen LogP contribution >= 0.6 is 0 Å². The zero-order chi connectivity index (χ0) is 52.8. The van der Waals surface area contributed by atoms with Crippen molar-refractivity contribution >= 4 is 43.6 Å². The maximum atomic E-state index is 15.4. The highest BCUT2D eigenvalue weighted by molar-refractivity contribution is 6.14. The number of alkyl halides is 6. The second kappa shape index (κ2) is 18.1. The fourth-order valence-electron chi connectivity index (χ4n) is 10.7. The van der Waals surface area contributed by atoms with Crippen LogP contribution in [0.2, 0.25) is 0 Å². The van der Waals surface area contributed by atoms with Gasteiger partial charge in [0, 0.05) is 27.1 Å². The molecular formula is C67H45F6N3. The van der Waals surface area contributed by atoms with Crippen LogP contribution in [0.4, 0.5) is 26.3 Å². The largest absolute Gasteiger partial charge is 0.417 e. The Labute approximate surface area is 434 Å². The van der Waals surface area contributed by atoms with Crippen molar-refractivity contribution in [3.05, 3.63) is 239 Å². The molecule has 76 heavy (non-hydrogen) atoms. The lowest BCUT2D eigenvalue weighted by molar-refractivity contribution is -0.142. The van der Waals surface area contributed by atoms with E-state index in [0.29, 0.717) is 17.4 Å². The molecular weight excluding hydrogens is 961 g/mol. The quantitative estimate of drug-likeness (QED) is 0.147. The fourth-order valence-corrected chi connectivity index (χ4v) is 10.7. The molecule has 0 spiro atoms. The summed E-state index contributed by atoms with van der Waals surface area (Å²) < 4.78 is 93.1. The number of benzene rings is 10. The van der Waals surface area contributed by atoms with Crippen molar-refractivity contribution in [1.82, 2.24) is 9.13 Å². The monoisotopic (exact) mass is 1010 g/mol. The molecule has 2 aromatic heterocycles. The molecule has 12 aromatic rings. The predicted molar refractivity (Wildman–Crippen MR) is 296 cm³/mol. The van der Waals surface area contributed by atoms with Crippen molar-refractivity contribution in [3.63, 3.8) is 0 Å². The molecule has 0 saturated heterocycles. The third-order valence-electron chi connectivity index (χ3n) is 14.7. The van der Waals surface area contributed by atoms with E-state index in [2.05, 4.69) is 108 Å². The van der Waals surface area contributed by atoms with E-state index in [1.54, 1.807) is 12.1 Å². The molecule has 0 fully saturated rings. The van der Waals surface area contributed by atoms with E-state index in [1.165, 1.54) is 0 Å². The van der Waals surface area contributed by atoms with E-state index < -0.39 is 29.0 Å². The highest BCUT2D eigenvalue weighted by Crippen LogP contribution is 2.47. The van der Waals surface area contributed by atoms with Gasteiger partial charge in [0.15, 0.2) is 0 Å². The van der Waals surface area contributed by atoms with Crippen molar-refractivity contribution < 1.29 is 26.3 Å². The molecule has 0 amide bonds. The van der Waals surface area contributed by atoms with Crippen LogP contribution in [0.15, 0.2) is 200 Å². The first-order valence-corrected chi connectivity index (χ1v) is 24.8. The van der Waals surface area contributed by atoms with Gasteiger partial charge in [0.1, 0.15) is 0 Å². The van der Waals surface area contributed by atoms with Gasteiger partial charge in [-0.25, -0.2) is 0 Å². The number of halogens is 6. The molecule has 3 nitrogen and oxygen atoms in total. The molecule has 2 heterocycles. The summed E-state index contributed by atoms with van der Waals surface area (Å²) >= 11 is 0. The third-order valence-corrected chi connectivity index (χ3v) is 14.7. The average molecular weight is 1010 g/mol. The topological polar surface area (TPSA) is 33.6 Å². The molecule has 0 bridgehead atoms. The summed E-state index contributed by atoms with van der Waals surface area (Å²) in [6.45, 7) is 8.09. The standard InChI is InChI=1S/C67H45F6N3/c1-39-5-13-43(14-6-39)47-21-26-54-55-27-22-48(44-15-7-40(2)8-16-44)32-61(55)75(60(54)31-47)64-35-51(38-74)58(53-30-25-52(66(68,69)70)36-59(53)67(71,72)73)37-65(64)76-62-33-49(45-17-9-41(3)10-18-45)23-28-56(62)57-29-24-50(34-63(57)76)46-19-11-42(4)12-20-46/h5-37H,1-4H3. The van der Waals surface area contributed by atoms with Crippen LogP contribution in [-0.4, -0.2) is 9.13 Å². The first kappa shape index (κ1) is 47.8. The molecule has 0 atom stereocenters. The van der Waals surface area contributed by atoms with E-state index in [1.807, 2.05) is 105 Å². The Morgan fingerprint density at radius 1 is 0.329 bits per heavy atom. The lowest BCUT2D eigenvalue weighted by Gasteiger charge is -2.22. The highest BCUT2D eigenvalue weighted by atomic mass is 19.4. The van der Waals surface area contributed by atoms with Gasteiger partial charge in [-0.2, -0.15) is 31.6 Å². The van der Waals surface area contributed by atoms with E-state index in [0.717, 1.165) is 116 Å². The number of rotatable bonds is 7. The first-order valence-electron chi connectivity index (χ1n) is 24.8. The number of nitriles is 1. The van der Waals surface area contributed by atoms with E-state index in [4.69, 9.17) is 0 Å². The van der Waals surface area contributed by atoms with Crippen LogP contribution in [0.1, 0.15) is 38.9 Å². The summed E-state index contributed by atoms with van der Waals surface area (Å²) in [6, 6.07) is 64.6. The molecule has 12 rings (SSSR count). The lowest BCUT2D eigenvalue weighted by atomic mass is 9.92. The Kier molecular flexibility index (Phi) is 11.4. The Hall–Kier alpha value is -9.13. The molecule has 10 aromatic carbocycles. The van der Waals surface area contributed by atoms with Gasteiger partial charge in [-0.05, 0) is 126 Å². The Morgan fingerprint density at radius 3 is 0.947 bits per heavy atom. The number of nitrogens with zero attached hydrogens (tertiary/aromatic N) is 3. The number of aromatic nitrogens is 2. The second-order valence-electron chi connectivity index (χ2n) is 19.8. The summed E-state index contributed by atoms with van der Waals surface area (Å²) in [5, 5.41) is 14.7. The smallest absolute Gasteiger partial charge is 0.307 e. The van der Waals surface area contributed by atoms with Crippen LogP contribution in [0, 0.1) is 39.0 Å². The SMILES string of the molecule is Cc1ccc(-c2ccc3c4ccc(-c5ccc(C)cc5)cc4n(-c4cc(C#N)c(-c5ccc(C(F)(F)F)cc5C(F)(F)F)cc4-n4c5cc(-c6ccc(C)cc6)ccc5c5ccc(-c6ccc(C)cc6)cc54)c3c2)cc1. The minimum absolute atomic E-state index is 0.137. The van der Waals surface area contributed by atoms with Gasteiger partial charge in [-0.3, -0.25) is 0 Å². The molecule has 0 aliphatic heterocycles. The van der Waals surface area contributed by atoms with Crippen molar-refractivity contribution in [2.75, 3.05) is 0 Å². The summed E-state index contributed by atoms with van der Waals surface area (Å²) in [4.78, 5) is 0. The minimum atomic E-state index is -5.23. The van der Waals surface area contributed by atoms with Gasteiger partial charge in [0.2, 0.25) is 0 Å². The van der Waals surface area contributed by atoms with Gasteiger partial charge >= 0.3 is 12.4 Å². The van der Waals surface area contributed by atoms with Crippen molar-refractivity contribution in [2.45, 2.75) is 40.0 Å². The van der Waals surface area contributed by atoms with Crippen molar-refractivity contribution in [3.8, 4) is 73.1 Å². The number of fused-ring (bicyclic) bond motifs is 6. The fraction of sp³-hybridized carbons (Fsp3) is 0.0896. The zero-order valence-electron chi connectivity index (χ0n) is 41.7. The Balaban J connectivity index is 1.27. The average Bonchev–Trinajstić information content (AvgIpc) is 3.98. The van der Waals surface area contributed by atoms with Gasteiger partial charge in [-0.1, -0.05) is 174 Å². The zero-order valence-corrected chi connectivity index (χ0v) is 41.7. The minimum Gasteiger partial charge on any atom is -0.307 e. The van der Waals surface area contributed by atoms with E-state index in [-0.39, 0.29) is 17.2 Å². The summed E-state index contributed by atoms with van der Waals surface area (Å²) in [5.74, 6) is 0. The van der Waals surface area contributed by atoms with Crippen LogP contribution < -0.4 is 0 Å². The third kappa shape index (κ3) is 8.36. The second-order valence-corrected chi connectivity index (χ2v) is 19.8. The predicted octanol–water partition coefficient (Wildman–Crippen LogP) is 19.4. The van der Waals surface area contributed by atoms with Crippen LogP contribution in [0.25, 0.3) is 111 Å². The van der Waals surface area contributed by atoms with Gasteiger partial charge in [0.25, 0.3) is 0 Å². The van der Waals surface area contributed by atoms with Gasteiger partial charge in [-0.15, -0.1) is 0 Å². The summed E-state index contributed by atoms with van der Waals surface area (Å²) in [5.41, 5.74) is 11.7. The number of hydrogen-bond donors (Lipinski definition) is 0. The van der Waals surface area contributed by atoms with E-state index >= 15 is 13.2 Å². The number of hydrogen-bond acceptors (Lipinski definition) is 1. The maximum Gasteiger partial charge on any atom is 0.417 e. The van der Waals surface area contributed by atoms with Crippen molar-refractivity contribution in [1.29, 1.82) is 5.26 Å². The summed E-state index contributed by atoms with van der Waals surface area (Å²) in [7, 11) is 0. The van der Waals surface area contributed by atoms with Gasteiger partial charge < -0.3 is 9.13 Å². The lowest BCUT2D eigenvalue weighted by Crippen LogP contribution is -2.13. The molecule has 0 aliphatic carbocycles. The Morgan fingerprint density at radius 2 is 0.645 bits per heavy atom. The normalized spacial score (nSPS) is 12.1. The maximum absolute atomic E-state index is 15.4. The summed E-state index contributed by atoms with van der Waals surface area (Å²) in [6.07, 6.45) is -10.3. The molecule has 0 aliphatic rings. The molecule has 0 saturated carbocycles. The molecule has 0 unspecified atom stereocenters. The number of aryl methyl sites for hydroxylation is 4. The van der Waals surface area contributed by atoms with Gasteiger partial charge in [0.05, 0.1) is 56.2 Å². The van der Waals surface area contributed by atoms with Crippen LogP contribution in [0.5, 0.6) is 0 Å². The van der Waals surface area contributed by atoms with Crippen LogP contribution in [0.3, 0.4) is 0 Å². The van der Waals surface area contributed by atoms with Crippen molar-refractivity contribution in [2.24, 2.45) is 0 Å². The first-order chi connectivity index (χ1) is 36.5. The molecule has 370 valence electrons. The van der Waals surface area contributed by atoms with Crippen LogP contribution in [-0.2, 0) is 12.4 Å². The molecule has 0 N–H and O–H groups in total. The van der Waals surface area contributed by atoms with E-state index in [9.17, 15) is 18.4 Å².